The number of para-hydroxylation sites is 1. The van der Waals surface area contributed by atoms with E-state index in [0.717, 1.165) is 24.9 Å². The monoisotopic (exact) mass is 245 g/mol. The van der Waals surface area contributed by atoms with E-state index in [9.17, 15) is 9.90 Å². The summed E-state index contributed by atoms with van der Waals surface area (Å²) >= 11 is 0. The van der Waals surface area contributed by atoms with Gasteiger partial charge in [0.2, 0.25) is 0 Å². The fourth-order valence-corrected chi connectivity index (χ4v) is 3.39. The molecule has 2 aliphatic rings. The lowest BCUT2D eigenvalue weighted by Gasteiger charge is -2.40. The average molecular weight is 245 g/mol. The Hall–Kier alpha value is -1.51. The van der Waals surface area contributed by atoms with Crippen LogP contribution >= 0.6 is 0 Å². The van der Waals surface area contributed by atoms with Crippen LogP contribution in [0.3, 0.4) is 0 Å². The van der Waals surface area contributed by atoms with E-state index < -0.39 is 11.5 Å². The second-order valence-electron chi connectivity index (χ2n) is 5.78. The van der Waals surface area contributed by atoms with E-state index in [0.29, 0.717) is 5.92 Å². The number of aliphatic carboxylic acids is 1. The Morgan fingerprint density at radius 1 is 1.39 bits per heavy atom. The van der Waals surface area contributed by atoms with E-state index in [1.807, 2.05) is 19.1 Å². The summed E-state index contributed by atoms with van der Waals surface area (Å²) < 4.78 is 0. The van der Waals surface area contributed by atoms with Gasteiger partial charge in [-0.1, -0.05) is 18.2 Å². The summed E-state index contributed by atoms with van der Waals surface area (Å²) in [6, 6.07) is 8.47. The van der Waals surface area contributed by atoms with E-state index >= 15 is 0 Å². The van der Waals surface area contributed by atoms with Crippen molar-refractivity contribution in [1.29, 1.82) is 0 Å². The highest BCUT2D eigenvalue weighted by atomic mass is 16.4. The SMILES string of the molecule is CC1Cc2ccccc2N1C(C)(C(=O)O)C1CC1. The van der Waals surface area contributed by atoms with Crippen molar-refractivity contribution < 1.29 is 9.90 Å². The van der Waals surface area contributed by atoms with Gasteiger partial charge in [-0.05, 0) is 50.7 Å². The summed E-state index contributed by atoms with van der Waals surface area (Å²) in [5, 5.41) is 9.71. The topological polar surface area (TPSA) is 40.5 Å². The zero-order chi connectivity index (χ0) is 12.9. The third-order valence-electron chi connectivity index (χ3n) is 4.51. The molecule has 96 valence electrons. The second-order valence-corrected chi connectivity index (χ2v) is 5.78. The van der Waals surface area contributed by atoms with E-state index in [-0.39, 0.29) is 6.04 Å². The Labute approximate surface area is 107 Å². The second kappa shape index (κ2) is 3.74. The Bertz CT molecular complexity index is 495. The molecule has 1 aliphatic carbocycles. The van der Waals surface area contributed by atoms with Crippen LogP contribution in [0.5, 0.6) is 0 Å². The Kier molecular flexibility index (Phi) is 2.40. The van der Waals surface area contributed by atoms with Crippen LogP contribution in [0.4, 0.5) is 5.69 Å². The minimum Gasteiger partial charge on any atom is -0.479 e. The quantitative estimate of drug-likeness (QED) is 0.890. The van der Waals surface area contributed by atoms with Gasteiger partial charge in [-0.2, -0.15) is 0 Å². The maximum absolute atomic E-state index is 11.8. The van der Waals surface area contributed by atoms with Crippen molar-refractivity contribution >= 4 is 11.7 Å². The molecule has 1 heterocycles. The lowest BCUT2D eigenvalue weighted by atomic mass is 9.92. The Morgan fingerprint density at radius 2 is 2.06 bits per heavy atom. The molecular formula is C15H19NO2. The smallest absolute Gasteiger partial charge is 0.329 e. The number of hydrogen-bond acceptors (Lipinski definition) is 2. The molecule has 1 aromatic carbocycles. The maximum Gasteiger partial charge on any atom is 0.329 e. The molecule has 0 aromatic heterocycles. The summed E-state index contributed by atoms with van der Waals surface area (Å²) in [6.45, 7) is 4.02. The van der Waals surface area contributed by atoms with E-state index in [1.54, 1.807) is 0 Å². The van der Waals surface area contributed by atoms with Crippen molar-refractivity contribution in [3.63, 3.8) is 0 Å². The van der Waals surface area contributed by atoms with E-state index in [4.69, 9.17) is 0 Å². The van der Waals surface area contributed by atoms with Crippen molar-refractivity contribution in [2.75, 3.05) is 4.90 Å². The Morgan fingerprint density at radius 3 is 2.67 bits per heavy atom. The summed E-state index contributed by atoms with van der Waals surface area (Å²) in [7, 11) is 0. The number of carboxylic acids is 1. The van der Waals surface area contributed by atoms with E-state index in [1.165, 1.54) is 5.56 Å². The van der Waals surface area contributed by atoms with Crippen molar-refractivity contribution in [3.05, 3.63) is 29.8 Å². The molecule has 1 saturated carbocycles. The highest BCUT2D eigenvalue weighted by Gasteiger charge is 2.54. The minimum absolute atomic E-state index is 0.268. The molecule has 1 aliphatic heterocycles. The number of benzene rings is 1. The first-order chi connectivity index (χ1) is 8.55. The molecule has 1 aromatic rings. The van der Waals surface area contributed by atoms with E-state index in [2.05, 4.69) is 24.0 Å². The molecule has 3 rings (SSSR count). The molecule has 1 fully saturated rings. The summed E-state index contributed by atoms with van der Waals surface area (Å²) in [5.74, 6) is -0.392. The lowest BCUT2D eigenvalue weighted by Crippen LogP contribution is -2.56. The number of hydrogen-bond donors (Lipinski definition) is 1. The predicted molar refractivity (Wildman–Crippen MR) is 70.9 cm³/mol. The Balaban J connectivity index is 2.08. The van der Waals surface area contributed by atoms with Gasteiger partial charge in [-0.15, -0.1) is 0 Å². The third kappa shape index (κ3) is 1.46. The fourth-order valence-electron chi connectivity index (χ4n) is 3.39. The molecule has 2 unspecified atom stereocenters. The van der Waals surface area contributed by atoms with Crippen LogP contribution in [-0.2, 0) is 11.2 Å². The third-order valence-corrected chi connectivity index (χ3v) is 4.51. The molecule has 18 heavy (non-hydrogen) atoms. The maximum atomic E-state index is 11.8. The van der Waals surface area contributed by atoms with Crippen LogP contribution in [0.1, 0.15) is 32.3 Å². The standard InChI is InChI=1S/C15H19NO2/c1-10-9-11-5-3-4-6-13(11)16(10)15(2,14(17)18)12-7-8-12/h3-6,10,12H,7-9H2,1-2H3,(H,17,18). The van der Waals surface area contributed by atoms with Crippen molar-refractivity contribution in [1.82, 2.24) is 0 Å². The molecule has 2 atom stereocenters. The van der Waals surface area contributed by atoms with Gasteiger partial charge in [0, 0.05) is 11.7 Å². The van der Waals surface area contributed by atoms with Crippen LogP contribution in [-0.4, -0.2) is 22.7 Å². The van der Waals surface area contributed by atoms with Gasteiger partial charge >= 0.3 is 5.97 Å². The summed E-state index contributed by atoms with van der Waals surface area (Å²) in [5.41, 5.74) is 1.64. The van der Waals surface area contributed by atoms with Gasteiger partial charge in [0.25, 0.3) is 0 Å². The van der Waals surface area contributed by atoms with Crippen molar-refractivity contribution in [2.45, 2.75) is 44.7 Å². The van der Waals surface area contributed by atoms with Gasteiger partial charge in [-0.3, -0.25) is 0 Å². The molecule has 0 bridgehead atoms. The zero-order valence-corrected chi connectivity index (χ0v) is 10.9. The molecule has 0 amide bonds. The van der Waals surface area contributed by atoms with Gasteiger partial charge in [0.1, 0.15) is 5.54 Å². The number of anilines is 1. The number of nitrogens with zero attached hydrogens (tertiary/aromatic N) is 1. The molecule has 0 spiro atoms. The number of rotatable bonds is 3. The predicted octanol–water partition coefficient (Wildman–Crippen LogP) is 2.69. The molecule has 3 nitrogen and oxygen atoms in total. The molecule has 3 heteroatoms. The van der Waals surface area contributed by atoms with Crippen molar-refractivity contribution in [3.8, 4) is 0 Å². The molecule has 1 N–H and O–H groups in total. The normalized spacial score (nSPS) is 25.7. The molecule has 0 radical (unpaired) electrons. The summed E-state index contributed by atoms with van der Waals surface area (Å²) in [4.78, 5) is 13.9. The molecule has 0 saturated heterocycles. The number of carbonyl (C=O) groups is 1. The van der Waals surface area contributed by atoms with Crippen LogP contribution < -0.4 is 4.90 Å². The van der Waals surface area contributed by atoms with Gasteiger partial charge < -0.3 is 10.0 Å². The van der Waals surface area contributed by atoms with Crippen LogP contribution in [0.25, 0.3) is 0 Å². The largest absolute Gasteiger partial charge is 0.479 e. The number of carboxylic acid groups (broad SMARTS) is 1. The molecular weight excluding hydrogens is 226 g/mol. The highest BCUT2D eigenvalue weighted by molar-refractivity contribution is 5.85. The van der Waals surface area contributed by atoms with Gasteiger partial charge in [0.05, 0.1) is 0 Å². The first-order valence-corrected chi connectivity index (χ1v) is 6.65. The summed E-state index contributed by atoms with van der Waals surface area (Å²) in [6.07, 6.45) is 3.02. The van der Waals surface area contributed by atoms with Crippen LogP contribution in [0, 0.1) is 5.92 Å². The van der Waals surface area contributed by atoms with Crippen molar-refractivity contribution in [2.24, 2.45) is 5.92 Å². The van der Waals surface area contributed by atoms with Crippen LogP contribution in [0.15, 0.2) is 24.3 Å². The first kappa shape index (κ1) is 11.6. The fraction of sp³-hybridized carbons (Fsp3) is 0.533. The van der Waals surface area contributed by atoms with Gasteiger partial charge in [-0.25, -0.2) is 4.79 Å². The minimum atomic E-state index is -0.744. The highest BCUT2D eigenvalue weighted by Crippen LogP contribution is 2.48. The lowest BCUT2D eigenvalue weighted by molar-refractivity contribution is -0.143. The first-order valence-electron chi connectivity index (χ1n) is 6.65. The van der Waals surface area contributed by atoms with Gasteiger partial charge in [0.15, 0.2) is 0 Å². The zero-order valence-electron chi connectivity index (χ0n) is 10.9. The van der Waals surface area contributed by atoms with Crippen LogP contribution in [0.2, 0.25) is 0 Å². The number of fused-ring (bicyclic) bond motifs is 1. The average Bonchev–Trinajstić information content (AvgIpc) is 3.11.